The van der Waals surface area contributed by atoms with E-state index in [-0.39, 0.29) is 0 Å². The third-order valence-electron chi connectivity index (χ3n) is 0.967. The molecule has 0 N–H and O–H groups in total. The summed E-state index contributed by atoms with van der Waals surface area (Å²) < 4.78 is 0. The van der Waals surface area contributed by atoms with E-state index in [4.69, 9.17) is 0 Å². The van der Waals surface area contributed by atoms with Crippen LogP contribution in [0.5, 0.6) is 0 Å². The summed E-state index contributed by atoms with van der Waals surface area (Å²) in [5.41, 5.74) is 0.780. The monoisotopic (exact) mass is 129 g/mol. The van der Waals surface area contributed by atoms with Gasteiger partial charge in [-0.1, -0.05) is 18.6 Å². The molecule has 1 heteroatoms. The van der Waals surface area contributed by atoms with Gasteiger partial charge in [0.15, 0.2) is 0 Å². The van der Waals surface area contributed by atoms with Gasteiger partial charge in [-0.2, -0.15) is 0 Å². The summed E-state index contributed by atoms with van der Waals surface area (Å²) in [6.07, 6.45) is 3.27. The number of allylic oxidation sites excluding steroid dienone is 1. The Kier molecular flexibility index (Phi) is 2.28. The zero-order chi connectivity index (χ0) is 7.23. The third-order valence-corrected chi connectivity index (χ3v) is 0.967. The van der Waals surface area contributed by atoms with Gasteiger partial charge in [-0.3, -0.25) is 0 Å². The van der Waals surface area contributed by atoms with Gasteiger partial charge in [-0.15, -0.1) is 0 Å². The molecule has 0 saturated carbocycles. The Labute approximate surface area is 60.4 Å². The van der Waals surface area contributed by atoms with Crippen LogP contribution in [0.3, 0.4) is 0 Å². The highest BCUT2D eigenvalue weighted by Crippen LogP contribution is 1.88. The standard InChI is InChI=1S/C9H7N/c1-2-3-6-9-7-4-5-8-10-9/h2,4-5,7-8H,1H2. The molecule has 0 aromatic carbocycles. The molecule has 0 spiro atoms. The largest absolute Gasteiger partial charge is 0.248 e. The fraction of sp³-hybridized carbons (Fsp3) is 0. The Hall–Kier alpha value is -1.55. The minimum atomic E-state index is 0.780. The predicted octanol–water partition coefficient (Wildman–Crippen LogP) is 1.62. The van der Waals surface area contributed by atoms with Gasteiger partial charge in [0.2, 0.25) is 0 Å². The first-order valence-corrected chi connectivity index (χ1v) is 2.97. The molecule has 0 aliphatic rings. The fourth-order valence-electron chi connectivity index (χ4n) is 0.562. The minimum absolute atomic E-state index is 0.780. The lowest BCUT2D eigenvalue weighted by Crippen LogP contribution is -1.76. The van der Waals surface area contributed by atoms with Crippen LogP contribution in [0.2, 0.25) is 0 Å². The molecular weight excluding hydrogens is 122 g/mol. The zero-order valence-corrected chi connectivity index (χ0v) is 5.54. The van der Waals surface area contributed by atoms with Crippen molar-refractivity contribution in [3.8, 4) is 11.8 Å². The number of nitrogens with zero attached hydrogens (tertiary/aromatic N) is 1. The van der Waals surface area contributed by atoms with Crippen molar-refractivity contribution in [3.63, 3.8) is 0 Å². The Bertz CT molecular complexity index is 264. The maximum Gasteiger partial charge on any atom is 0.113 e. The molecule has 48 valence electrons. The molecule has 1 aromatic rings. The molecule has 0 aliphatic carbocycles. The van der Waals surface area contributed by atoms with Crippen LogP contribution in [0.25, 0.3) is 0 Å². The van der Waals surface area contributed by atoms with Crippen molar-refractivity contribution in [1.29, 1.82) is 0 Å². The average molecular weight is 129 g/mol. The molecule has 0 saturated heterocycles. The Morgan fingerprint density at radius 2 is 2.40 bits per heavy atom. The Morgan fingerprint density at radius 1 is 1.50 bits per heavy atom. The molecule has 0 radical (unpaired) electrons. The number of aromatic nitrogens is 1. The van der Waals surface area contributed by atoms with E-state index in [0.717, 1.165) is 5.69 Å². The van der Waals surface area contributed by atoms with Crippen LogP contribution in [-0.2, 0) is 0 Å². The second kappa shape index (κ2) is 3.47. The van der Waals surface area contributed by atoms with Crippen molar-refractivity contribution in [2.75, 3.05) is 0 Å². The van der Waals surface area contributed by atoms with Gasteiger partial charge in [0.25, 0.3) is 0 Å². The number of pyridine rings is 1. The molecule has 1 nitrogen and oxygen atoms in total. The van der Waals surface area contributed by atoms with Crippen LogP contribution in [0.15, 0.2) is 37.1 Å². The molecule has 0 amide bonds. The molecule has 0 aliphatic heterocycles. The first kappa shape index (κ1) is 6.57. The quantitative estimate of drug-likeness (QED) is 0.485. The van der Waals surface area contributed by atoms with E-state index < -0.39 is 0 Å². The fourth-order valence-corrected chi connectivity index (χ4v) is 0.562. The summed E-state index contributed by atoms with van der Waals surface area (Å²) in [5, 5.41) is 0. The summed E-state index contributed by atoms with van der Waals surface area (Å²) >= 11 is 0. The molecule has 1 rings (SSSR count). The van der Waals surface area contributed by atoms with Crippen LogP contribution in [0.4, 0.5) is 0 Å². The van der Waals surface area contributed by atoms with Crippen molar-refractivity contribution >= 4 is 0 Å². The van der Waals surface area contributed by atoms with Gasteiger partial charge >= 0.3 is 0 Å². The third kappa shape index (κ3) is 1.75. The van der Waals surface area contributed by atoms with Crippen LogP contribution in [0, 0.1) is 11.8 Å². The normalized spacial score (nSPS) is 7.60. The van der Waals surface area contributed by atoms with Crippen molar-refractivity contribution in [1.82, 2.24) is 4.98 Å². The highest BCUT2D eigenvalue weighted by atomic mass is 14.6. The van der Waals surface area contributed by atoms with E-state index >= 15 is 0 Å². The highest BCUT2D eigenvalue weighted by molar-refractivity contribution is 5.30. The van der Waals surface area contributed by atoms with Crippen molar-refractivity contribution in [2.24, 2.45) is 0 Å². The van der Waals surface area contributed by atoms with Gasteiger partial charge in [-0.05, 0) is 24.1 Å². The molecule has 0 fully saturated rings. The summed E-state index contributed by atoms with van der Waals surface area (Å²) in [5.74, 6) is 5.53. The van der Waals surface area contributed by atoms with Crippen molar-refractivity contribution in [2.45, 2.75) is 0 Å². The SMILES string of the molecule is C=CC#Cc1ccccn1. The van der Waals surface area contributed by atoms with E-state index in [1.54, 1.807) is 12.3 Å². The summed E-state index contributed by atoms with van der Waals surface area (Å²) in [6, 6.07) is 5.62. The second-order valence-electron chi connectivity index (χ2n) is 1.69. The molecule has 1 heterocycles. The van der Waals surface area contributed by atoms with Crippen molar-refractivity contribution < 1.29 is 0 Å². The van der Waals surface area contributed by atoms with E-state index in [1.807, 2.05) is 18.2 Å². The maximum atomic E-state index is 3.99. The van der Waals surface area contributed by atoms with Gasteiger partial charge < -0.3 is 0 Å². The minimum Gasteiger partial charge on any atom is -0.248 e. The van der Waals surface area contributed by atoms with E-state index in [0.29, 0.717) is 0 Å². The molecule has 10 heavy (non-hydrogen) atoms. The number of rotatable bonds is 0. The molecule has 0 bridgehead atoms. The smallest absolute Gasteiger partial charge is 0.113 e. The van der Waals surface area contributed by atoms with E-state index in [1.165, 1.54) is 0 Å². The van der Waals surface area contributed by atoms with Gasteiger partial charge in [0, 0.05) is 6.20 Å². The summed E-state index contributed by atoms with van der Waals surface area (Å²) in [7, 11) is 0. The van der Waals surface area contributed by atoms with Gasteiger partial charge in [0.1, 0.15) is 5.69 Å². The van der Waals surface area contributed by atoms with Crippen LogP contribution in [-0.4, -0.2) is 4.98 Å². The van der Waals surface area contributed by atoms with E-state index in [2.05, 4.69) is 23.4 Å². The lowest BCUT2D eigenvalue weighted by molar-refractivity contribution is 1.29. The summed E-state index contributed by atoms with van der Waals surface area (Å²) in [6.45, 7) is 3.47. The van der Waals surface area contributed by atoms with Crippen LogP contribution < -0.4 is 0 Å². The highest BCUT2D eigenvalue weighted by Gasteiger charge is 1.79. The maximum absolute atomic E-state index is 3.99. The lowest BCUT2D eigenvalue weighted by atomic mass is 10.3. The molecule has 0 atom stereocenters. The number of hydrogen-bond donors (Lipinski definition) is 0. The van der Waals surface area contributed by atoms with Crippen LogP contribution >= 0.6 is 0 Å². The first-order chi connectivity index (χ1) is 4.93. The van der Waals surface area contributed by atoms with Crippen molar-refractivity contribution in [3.05, 3.63) is 42.7 Å². The number of hydrogen-bond acceptors (Lipinski definition) is 1. The second-order valence-corrected chi connectivity index (χ2v) is 1.69. The molecule has 0 unspecified atom stereocenters. The predicted molar refractivity (Wildman–Crippen MR) is 41.3 cm³/mol. The molecular formula is C9H7N. The summed E-state index contributed by atoms with van der Waals surface area (Å²) in [4.78, 5) is 3.99. The van der Waals surface area contributed by atoms with Gasteiger partial charge in [-0.25, -0.2) is 4.98 Å². The average Bonchev–Trinajstić information content (AvgIpc) is 2.03. The van der Waals surface area contributed by atoms with Crippen LogP contribution in [0.1, 0.15) is 5.69 Å². The lowest BCUT2D eigenvalue weighted by Gasteiger charge is -1.83. The Balaban J connectivity index is 2.86. The first-order valence-electron chi connectivity index (χ1n) is 2.97. The van der Waals surface area contributed by atoms with Gasteiger partial charge in [0.05, 0.1) is 0 Å². The topological polar surface area (TPSA) is 12.9 Å². The molecule has 1 aromatic heterocycles. The Morgan fingerprint density at radius 3 is 3.00 bits per heavy atom. The zero-order valence-electron chi connectivity index (χ0n) is 5.54. The van der Waals surface area contributed by atoms with E-state index in [9.17, 15) is 0 Å².